The van der Waals surface area contributed by atoms with Gasteiger partial charge >= 0.3 is 0 Å². The highest BCUT2D eigenvalue weighted by atomic mass is 14.9. The first kappa shape index (κ1) is 6.58. The summed E-state index contributed by atoms with van der Waals surface area (Å²) in [6, 6.07) is 0. The van der Waals surface area contributed by atoms with Gasteiger partial charge in [-0.15, -0.1) is 0 Å². The summed E-state index contributed by atoms with van der Waals surface area (Å²) in [5.41, 5.74) is 7.85. The molecule has 3 heteroatoms. The molecule has 1 aliphatic carbocycles. The summed E-state index contributed by atoms with van der Waals surface area (Å²) in [4.78, 5) is 8.13. The van der Waals surface area contributed by atoms with Gasteiger partial charge in [0.25, 0.3) is 0 Å². The van der Waals surface area contributed by atoms with Crippen molar-refractivity contribution in [2.24, 2.45) is 0 Å². The first-order valence-electron chi connectivity index (χ1n) is 3.86. The number of hydrogen-bond acceptors (Lipinski definition) is 3. The molecule has 1 aromatic rings. The molecule has 1 aromatic heterocycles. The Morgan fingerprint density at radius 1 is 1.45 bits per heavy atom. The molecule has 0 atom stereocenters. The first-order chi connectivity index (χ1) is 5.29. The van der Waals surface area contributed by atoms with Gasteiger partial charge in [-0.2, -0.15) is 0 Å². The Morgan fingerprint density at radius 2 is 2.18 bits per heavy atom. The van der Waals surface area contributed by atoms with Crippen LogP contribution in [0, 0.1) is 6.92 Å². The van der Waals surface area contributed by atoms with Crippen molar-refractivity contribution in [1.82, 2.24) is 9.97 Å². The molecule has 1 saturated carbocycles. The Balaban J connectivity index is 2.45. The van der Waals surface area contributed by atoms with E-state index >= 15 is 0 Å². The Bertz CT molecular complexity index is 279. The number of hydrogen-bond donors (Lipinski definition) is 1. The summed E-state index contributed by atoms with van der Waals surface area (Å²) in [5, 5.41) is 0. The molecule has 0 amide bonds. The Morgan fingerprint density at radius 3 is 2.82 bits per heavy atom. The molecule has 11 heavy (non-hydrogen) atoms. The molecule has 1 fully saturated rings. The molecule has 58 valence electrons. The van der Waals surface area contributed by atoms with E-state index in [4.69, 9.17) is 5.73 Å². The van der Waals surface area contributed by atoms with Crippen LogP contribution in [0.3, 0.4) is 0 Å². The minimum atomic E-state index is 0.627. The Kier molecular flexibility index (Phi) is 1.31. The van der Waals surface area contributed by atoms with E-state index in [1.807, 2.05) is 6.92 Å². The van der Waals surface area contributed by atoms with Crippen LogP contribution in [0.4, 0.5) is 5.82 Å². The second kappa shape index (κ2) is 2.19. The van der Waals surface area contributed by atoms with Crippen LogP contribution in [0.5, 0.6) is 0 Å². The molecule has 1 heterocycles. The fourth-order valence-electron chi connectivity index (χ4n) is 1.25. The van der Waals surface area contributed by atoms with E-state index in [1.165, 1.54) is 12.8 Å². The number of rotatable bonds is 1. The number of anilines is 1. The molecule has 0 radical (unpaired) electrons. The fourth-order valence-corrected chi connectivity index (χ4v) is 1.25. The maximum atomic E-state index is 5.64. The zero-order valence-electron chi connectivity index (χ0n) is 6.54. The first-order valence-corrected chi connectivity index (χ1v) is 3.86. The summed E-state index contributed by atoms with van der Waals surface area (Å²) in [6.07, 6.45) is 4.07. The van der Waals surface area contributed by atoms with E-state index in [0.29, 0.717) is 11.7 Å². The highest BCUT2D eigenvalue weighted by molar-refractivity contribution is 5.42. The van der Waals surface area contributed by atoms with Crippen LogP contribution in [0.2, 0.25) is 0 Å². The molecule has 2 rings (SSSR count). The van der Waals surface area contributed by atoms with Gasteiger partial charge in [-0.25, -0.2) is 9.97 Å². The monoisotopic (exact) mass is 149 g/mol. The van der Waals surface area contributed by atoms with Gasteiger partial charge in [0.1, 0.15) is 12.1 Å². The fraction of sp³-hybridized carbons (Fsp3) is 0.500. The van der Waals surface area contributed by atoms with Gasteiger partial charge in [0.15, 0.2) is 0 Å². The quantitative estimate of drug-likeness (QED) is 0.653. The van der Waals surface area contributed by atoms with Gasteiger partial charge in [0.05, 0.1) is 5.69 Å². The van der Waals surface area contributed by atoms with Crippen molar-refractivity contribution in [1.29, 1.82) is 0 Å². The zero-order valence-corrected chi connectivity index (χ0v) is 6.54. The molecule has 3 nitrogen and oxygen atoms in total. The van der Waals surface area contributed by atoms with Crippen molar-refractivity contribution >= 4 is 5.82 Å². The van der Waals surface area contributed by atoms with Crippen LogP contribution in [0.15, 0.2) is 6.33 Å². The minimum absolute atomic E-state index is 0.627. The largest absolute Gasteiger partial charge is 0.383 e. The van der Waals surface area contributed by atoms with Gasteiger partial charge in [-0.3, -0.25) is 0 Å². The highest BCUT2D eigenvalue weighted by Crippen LogP contribution is 2.40. The van der Waals surface area contributed by atoms with Crippen molar-refractivity contribution in [3.05, 3.63) is 17.6 Å². The van der Waals surface area contributed by atoms with Crippen LogP contribution in [0.25, 0.3) is 0 Å². The van der Waals surface area contributed by atoms with Crippen molar-refractivity contribution in [3.8, 4) is 0 Å². The molecule has 2 N–H and O–H groups in total. The Labute approximate surface area is 65.7 Å². The van der Waals surface area contributed by atoms with Crippen molar-refractivity contribution in [2.75, 3.05) is 5.73 Å². The molecule has 0 unspecified atom stereocenters. The average Bonchev–Trinajstić information content (AvgIpc) is 2.77. The van der Waals surface area contributed by atoms with Crippen molar-refractivity contribution in [2.45, 2.75) is 25.7 Å². The number of nitrogen functional groups attached to an aromatic ring is 1. The van der Waals surface area contributed by atoms with Crippen LogP contribution in [-0.2, 0) is 0 Å². The third kappa shape index (κ3) is 1.06. The molecular formula is C8H11N3. The highest BCUT2D eigenvalue weighted by Gasteiger charge is 2.27. The number of nitrogens with two attached hydrogens (primary N) is 1. The van der Waals surface area contributed by atoms with E-state index in [1.54, 1.807) is 6.33 Å². The average molecular weight is 149 g/mol. The summed E-state index contributed by atoms with van der Waals surface area (Å²) in [7, 11) is 0. The summed E-state index contributed by atoms with van der Waals surface area (Å²) in [5.74, 6) is 1.29. The van der Waals surface area contributed by atoms with Crippen LogP contribution in [-0.4, -0.2) is 9.97 Å². The second-order valence-corrected chi connectivity index (χ2v) is 3.04. The lowest BCUT2D eigenvalue weighted by Crippen LogP contribution is -1.99. The standard InChI is InChI=1S/C8H11N3/c1-5-7(6-2-3-6)10-4-11-8(5)9/h4,6H,2-3H2,1H3,(H2,9,10,11). The van der Waals surface area contributed by atoms with E-state index < -0.39 is 0 Å². The van der Waals surface area contributed by atoms with Crippen LogP contribution in [0.1, 0.15) is 30.0 Å². The van der Waals surface area contributed by atoms with E-state index in [-0.39, 0.29) is 0 Å². The SMILES string of the molecule is Cc1c(N)ncnc1C1CC1. The lowest BCUT2D eigenvalue weighted by molar-refractivity contribution is 0.964. The lowest BCUT2D eigenvalue weighted by Gasteiger charge is -2.03. The minimum Gasteiger partial charge on any atom is -0.383 e. The summed E-state index contributed by atoms with van der Waals surface area (Å²) in [6.45, 7) is 1.99. The normalized spacial score (nSPS) is 16.8. The Hall–Kier alpha value is -1.12. The van der Waals surface area contributed by atoms with Gasteiger partial charge in [0, 0.05) is 11.5 Å². The lowest BCUT2D eigenvalue weighted by atomic mass is 10.2. The second-order valence-electron chi connectivity index (χ2n) is 3.04. The predicted molar refractivity (Wildman–Crippen MR) is 43.2 cm³/mol. The van der Waals surface area contributed by atoms with E-state index in [9.17, 15) is 0 Å². The molecule has 1 aliphatic rings. The molecule has 0 spiro atoms. The smallest absolute Gasteiger partial charge is 0.129 e. The molecule has 0 saturated heterocycles. The van der Waals surface area contributed by atoms with Crippen LogP contribution < -0.4 is 5.73 Å². The van der Waals surface area contributed by atoms with Gasteiger partial charge in [-0.05, 0) is 19.8 Å². The molecule has 0 aromatic carbocycles. The van der Waals surface area contributed by atoms with Crippen molar-refractivity contribution < 1.29 is 0 Å². The van der Waals surface area contributed by atoms with Crippen molar-refractivity contribution in [3.63, 3.8) is 0 Å². The van der Waals surface area contributed by atoms with Gasteiger partial charge < -0.3 is 5.73 Å². The van der Waals surface area contributed by atoms with Crippen LogP contribution >= 0.6 is 0 Å². The molecule has 0 bridgehead atoms. The van der Waals surface area contributed by atoms with Gasteiger partial charge in [0.2, 0.25) is 0 Å². The summed E-state index contributed by atoms with van der Waals surface area (Å²) < 4.78 is 0. The zero-order chi connectivity index (χ0) is 7.84. The summed E-state index contributed by atoms with van der Waals surface area (Å²) >= 11 is 0. The maximum absolute atomic E-state index is 5.64. The van der Waals surface area contributed by atoms with Gasteiger partial charge in [-0.1, -0.05) is 0 Å². The number of aromatic nitrogens is 2. The molecular weight excluding hydrogens is 138 g/mol. The third-order valence-corrected chi connectivity index (χ3v) is 2.13. The topological polar surface area (TPSA) is 51.8 Å². The predicted octanol–water partition coefficient (Wildman–Crippen LogP) is 1.24. The maximum Gasteiger partial charge on any atom is 0.129 e. The van der Waals surface area contributed by atoms with E-state index in [0.717, 1.165) is 11.3 Å². The van der Waals surface area contributed by atoms with E-state index in [2.05, 4.69) is 9.97 Å². The number of nitrogens with zero attached hydrogens (tertiary/aromatic N) is 2. The third-order valence-electron chi connectivity index (χ3n) is 2.13. The molecule has 0 aliphatic heterocycles.